The maximum absolute atomic E-state index is 15.2. The van der Waals surface area contributed by atoms with Gasteiger partial charge in [-0.05, 0) is 132 Å². The monoisotopic (exact) mass is 1210 g/mol. The number of methoxy groups -OCH3 is 1. The highest BCUT2D eigenvalue weighted by molar-refractivity contribution is 5.98. The summed E-state index contributed by atoms with van der Waals surface area (Å²) in [6.07, 6.45) is 6.50. The van der Waals surface area contributed by atoms with Crippen LogP contribution in [-0.2, 0) is 32.1 Å². The van der Waals surface area contributed by atoms with Crippen molar-refractivity contribution in [1.29, 1.82) is 0 Å². The number of halogens is 1. The van der Waals surface area contributed by atoms with Crippen LogP contribution in [0.4, 0.5) is 9.18 Å². The third-order valence-electron chi connectivity index (χ3n) is 18.0. The Morgan fingerprint density at radius 1 is 0.750 bits per heavy atom. The van der Waals surface area contributed by atoms with E-state index in [-0.39, 0.29) is 59.7 Å². The number of carbonyl (C=O) groups is 6. The summed E-state index contributed by atoms with van der Waals surface area (Å²) in [5.41, 5.74) is 2.30. The van der Waals surface area contributed by atoms with E-state index in [1.165, 1.54) is 11.0 Å². The van der Waals surface area contributed by atoms with Gasteiger partial charge >= 0.3 is 6.09 Å². The molecule has 470 valence electrons. The number of nitrogens with one attached hydrogen (secondary N) is 2. The van der Waals surface area contributed by atoms with Gasteiger partial charge in [0.25, 0.3) is 17.4 Å². The summed E-state index contributed by atoms with van der Waals surface area (Å²) in [6.45, 7) is 15.2. The first-order valence-electron chi connectivity index (χ1n) is 31.4. The standard InChI is InChI=1S/C67H85FN10O10/c1-6-87-58-38-52(86-5)21-20-50(58)40-78(66(85)88-67(2,3)4)44-60(80)77-41-51(42-77)48-15-12-16-49(37-48)62(81)69-61(47-13-8-7-9-14-47)65(84)76-29-27-73(28-30-76)39-45-23-25-72(26-24-45)43-59(79)74-31-33-75(34-32-74)64(83)55-35-46(19-22-56(55)68)36-57-53-17-10-11-18-54(53)63(82)71-70-57/h10-12,15-22,35,37-38,45,47,51,61H,6-9,13-14,23-34,36,39-44H2,1-5H3,(H,69,81)(H,71,82)/t61-/m1/s1. The number of benzene rings is 4. The van der Waals surface area contributed by atoms with Crippen LogP contribution in [0.5, 0.6) is 11.5 Å². The van der Waals surface area contributed by atoms with Gasteiger partial charge in [-0.15, -0.1) is 0 Å². The maximum Gasteiger partial charge on any atom is 0.411 e. The summed E-state index contributed by atoms with van der Waals surface area (Å²) < 4.78 is 32.2. The number of fused-ring (bicyclic) bond motifs is 1. The summed E-state index contributed by atoms with van der Waals surface area (Å²) >= 11 is 0. The summed E-state index contributed by atoms with van der Waals surface area (Å²) in [4.78, 5) is 109. The Labute approximate surface area is 514 Å². The minimum absolute atomic E-state index is 0.0170. The fourth-order valence-electron chi connectivity index (χ4n) is 13.0. The molecule has 5 aromatic rings. The first-order valence-corrected chi connectivity index (χ1v) is 31.4. The molecule has 5 heterocycles. The molecular formula is C67H85FN10O10. The Bertz CT molecular complexity index is 3370. The van der Waals surface area contributed by atoms with E-state index in [2.05, 4.69) is 25.3 Å². The van der Waals surface area contributed by atoms with Crippen LogP contribution in [0.25, 0.3) is 10.8 Å². The van der Waals surface area contributed by atoms with Gasteiger partial charge in [-0.2, -0.15) is 5.10 Å². The van der Waals surface area contributed by atoms with Gasteiger partial charge < -0.3 is 39.1 Å². The smallest absolute Gasteiger partial charge is 0.411 e. The van der Waals surface area contributed by atoms with Crippen LogP contribution in [0.1, 0.15) is 122 Å². The molecule has 1 atom stereocenters. The third-order valence-corrected chi connectivity index (χ3v) is 18.0. The van der Waals surface area contributed by atoms with Gasteiger partial charge in [0.1, 0.15) is 35.5 Å². The number of H-pyrrole nitrogens is 1. The van der Waals surface area contributed by atoms with Gasteiger partial charge in [0.15, 0.2) is 0 Å². The van der Waals surface area contributed by atoms with Gasteiger partial charge in [0.2, 0.25) is 17.7 Å². The van der Waals surface area contributed by atoms with Crippen LogP contribution >= 0.6 is 0 Å². The topological polar surface area (TPSA) is 211 Å². The highest BCUT2D eigenvalue weighted by Crippen LogP contribution is 2.32. The highest BCUT2D eigenvalue weighted by Gasteiger charge is 2.38. The van der Waals surface area contributed by atoms with Gasteiger partial charge in [0.05, 0.1) is 43.4 Å². The number of aromatic nitrogens is 2. The third kappa shape index (κ3) is 15.7. The normalized spacial score (nSPS) is 17.9. The van der Waals surface area contributed by atoms with Gasteiger partial charge in [-0.1, -0.05) is 55.7 Å². The minimum atomic E-state index is -0.778. The van der Waals surface area contributed by atoms with E-state index in [0.717, 1.165) is 83.2 Å². The zero-order valence-electron chi connectivity index (χ0n) is 51.6. The molecule has 2 N–H and O–H groups in total. The van der Waals surface area contributed by atoms with Crippen molar-refractivity contribution in [3.8, 4) is 11.5 Å². The molecule has 10 rings (SSSR count). The molecule has 1 aliphatic carbocycles. The van der Waals surface area contributed by atoms with Crippen molar-refractivity contribution in [3.63, 3.8) is 0 Å². The molecule has 4 aliphatic heterocycles. The van der Waals surface area contributed by atoms with Crippen LogP contribution in [0, 0.1) is 17.7 Å². The van der Waals surface area contributed by atoms with E-state index >= 15 is 4.39 Å². The second-order valence-corrected chi connectivity index (χ2v) is 25.3. The lowest BCUT2D eigenvalue weighted by atomic mass is 9.83. The molecule has 1 saturated carbocycles. The molecule has 20 nitrogen and oxygen atoms in total. The molecule has 4 aromatic carbocycles. The molecule has 5 fully saturated rings. The van der Waals surface area contributed by atoms with E-state index < -0.39 is 29.5 Å². The predicted octanol–water partition coefficient (Wildman–Crippen LogP) is 6.94. The first kappa shape index (κ1) is 63.1. The summed E-state index contributed by atoms with van der Waals surface area (Å²) in [5, 5.41) is 11.2. The molecular weight excluding hydrogens is 1120 g/mol. The van der Waals surface area contributed by atoms with Crippen LogP contribution in [-0.4, -0.2) is 204 Å². The summed E-state index contributed by atoms with van der Waals surface area (Å²) in [6, 6.07) is 23.8. The maximum atomic E-state index is 15.2. The molecule has 0 unspecified atom stereocenters. The Morgan fingerprint density at radius 2 is 1.45 bits per heavy atom. The molecule has 6 amide bonds. The quantitative estimate of drug-likeness (QED) is 0.0859. The summed E-state index contributed by atoms with van der Waals surface area (Å²) in [5.74, 6) is 0.0967. The fraction of sp³-hybridized carbons (Fsp3) is 0.522. The second kappa shape index (κ2) is 28.5. The Morgan fingerprint density at radius 3 is 2.16 bits per heavy atom. The highest BCUT2D eigenvalue weighted by atomic mass is 19.1. The van der Waals surface area contributed by atoms with Crippen LogP contribution in [0.15, 0.2) is 89.7 Å². The lowest BCUT2D eigenvalue weighted by Gasteiger charge is -2.41. The van der Waals surface area contributed by atoms with Crippen molar-refractivity contribution in [1.82, 2.24) is 49.8 Å². The van der Waals surface area contributed by atoms with Gasteiger partial charge in [0, 0.05) is 107 Å². The molecule has 1 aromatic heterocycles. The number of hydrogen-bond donors (Lipinski definition) is 2. The average molecular weight is 1210 g/mol. The van der Waals surface area contributed by atoms with Crippen LogP contribution in [0.2, 0.25) is 0 Å². The Hall–Kier alpha value is -7.91. The lowest BCUT2D eigenvalue weighted by molar-refractivity contribution is -0.137. The SMILES string of the molecule is CCOc1cc(OC)ccc1CN(CC(=O)N1CC(c2cccc(C(=O)N[C@@H](C(=O)N3CCN(CC4CCN(CC(=O)N5CCN(C(=O)c6cc(Cc7n[nH]c(=O)c8ccccc78)ccc6F)CC5)CC4)CC3)C3CCCCC3)c2)C1)C(=O)OC(C)(C)C. The Kier molecular flexibility index (Phi) is 20.4. The molecule has 0 radical (unpaired) electrons. The van der Waals surface area contributed by atoms with Crippen molar-refractivity contribution in [2.24, 2.45) is 11.8 Å². The molecule has 0 spiro atoms. The number of nitrogens with zero attached hydrogens (tertiary/aromatic N) is 8. The second-order valence-electron chi connectivity index (χ2n) is 25.3. The number of likely N-dealkylation sites (tertiary alicyclic amines) is 2. The predicted molar refractivity (Wildman–Crippen MR) is 331 cm³/mol. The number of amides is 6. The van der Waals surface area contributed by atoms with Crippen molar-refractivity contribution in [2.45, 2.75) is 103 Å². The number of aromatic amines is 1. The van der Waals surface area contributed by atoms with Crippen LogP contribution < -0.4 is 20.3 Å². The van der Waals surface area contributed by atoms with Gasteiger partial charge in [-0.3, -0.25) is 43.5 Å². The molecule has 0 bridgehead atoms. The lowest BCUT2D eigenvalue weighted by Crippen LogP contribution is -2.57. The van der Waals surface area contributed by atoms with Crippen LogP contribution in [0.3, 0.4) is 0 Å². The van der Waals surface area contributed by atoms with Crippen molar-refractivity contribution in [2.75, 3.05) is 112 Å². The van der Waals surface area contributed by atoms with E-state index in [1.54, 1.807) is 85.0 Å². The van der Waals surface area contributed by atoms with Gasteiger partial charge in [-0.25, -0.2) is 14.3 Å². The Balaban J connectivity index is 0.659. The first-order chi connectivity index (χ1) is 42.4. The molecule has 21 heteroatoms. The number of carbonyl (C=O) groups excluding carboxylic acids is 6. The molecule has 4 saturated heterocycles. The van der Waals surface area contributed by atoms with E-state index in [1.807, 2.05) is 48.2 Å². The number of ether oxygens (including phenoxy) is 3. The van der Waals surface area contributed by atoms with E-state index in [0.29, 0.717) is 123 Å². The number of hydrogen-bond acceptors (Lipinski definition) is 13. The number of piperidine rings is 1. The summed E-state index contributed by atoms with van der Waals surface area (Å²) in [7, 11) is 1.57. The fourth-order valence-corrected chi connectivity index (χ4v) is 13.0. The largest absolute Gasteiger partial charge is 0.497 e. The molecule has 5 aliphatic rings. The van der Waals surface area contributed by atoms with Crippen molar-refractivity contribution in [3.05, 3.63) is 135 Å². The zero-order chi connectivity index (χ0) is 62.1. The number of rotatable bonds is 19. The van der Waals surface area contributed by atoms with Crippen molar-refractivity contribution >= 4 is 46.4 Å². The van der Waals surface area contributed by atoms with Crippen molar-refractivity contribution < 1.29 is 47.4 Å². The van der Waals surface area contributed by atoms with E-state index in [9.17, 15) is 33.6 Å². The number of piperazine rings is 2. The van der Waals surface area contributed by atoms with E-state index in [4.69, 9.17) is 14.2 Å². The zero-order valence-corrected chi connectivity index (χ0v) is 51.6. The molecule has 88 heavy (non-hydrogen) atoms. The minimum Gasteiger partial charge on any atom is -0.497 e. The average Bonchev–Trinajstić information content (AvgIpc) is 2.49.